The van der Waals surface area contributed by atoms with Gasteiger partial charge in [-0.3, -0.25) is 0 Å². The fourth-order valence-corrected chi connectivity index (χ4v) is 2.56. The van der Waals surface area contributed by atoms with Crippen molar-refractivity contribution in [2.75, 3.05) is 0 Å². The highest BCUT2D eigenvalue weighted by molar-refractivity contribution is 7.17. The molecule has 1 N–H and O–H groups in total. The lowest BCUT2D eigenvalue weighted by Gasteiger charge is -1.99. The minimum atomic E-state index is -0.288. The molecule has 0 aliphatic carbocycles. The van der Waals surface area contributed by atoms with Gasteiger partial charge in [0.05, 0.1) is 16.3 Å². The number of hydrogen-bond acceptors (Lipinski definition) is 2. The molecule has 0 radical (unpaired) electrons. The molecule has 0 saturated heterocycles. The largest absolute Gasteiger partial charge is 0.392 e. The highest BCUT2D eigenvalue weighted by Crippen LogP contribution is 2.34. The van der Waals surface area contributed by atoms with E-state index in [1.165, 1.54) is 17.4 Å². The van der Waals surface area contributed by atoms with E-state index >= 15 is 0 Å². The van der Waals surface area contributed by atoms with Crippen LogP contribution in [0.25, 0.3) is 10.1 Å². The number of halogens is 2. The van der Waals surface area contributed by atoms with Gasteiger partial charge in [-0.1, -0.05) is 17.7 Å². The molecule has 0 amide bonds. The van der Waals surface area contributed by atoms with Crippen LogP contribution in [0.4, 0.5) is 4.39 Å². The molecular weight excluding hydrogens is 211 g/mol. The minimum Gasteiger partial charge on any atom is -0.392 e. The van der Waals surface area contributed by atoms with E-state index < -0.39 is 0 Å². The van der Waals surface area contributed by atoms with Gasteiger partial charge in [0.25, 0.3) is 0 Å². The molecule has 0 aliphatic heterocycles. The van der Waals surface area contributed by atoms with Crippen molar-refractivity contribution in [1.29, 1.82) is 0 Å². The van der Waals surface area contributed by atoms with Crippen LogP contribution in [-0.2, 0) is 6.61 Å². The first kappa shape index (κ1) is 8.94. The highest BCUT2D eigenvalue weighted by Gasteiger charge is 2.10. The third-order valence-corrected chi connectivity index (χ3v) is 3.30. The molecule has 0 fully saturated rings. The molecule has 4 heteroatoms. The quantitative estimate of drug-likeness (QED) is 0.776. The van der Waals surface area contributed by atoms with Crippen molar-refractivity contribution in [2.24, 2.45) is 0 Å². The van der Waals surface area contributed by atoms with Gasteiger partial charge < -0.3 is 5.11 Å². The Hall–Kier alpha value is -0.640. The number of fused-ring (bicyclic) bond motifs is 1. The van der Waals surface area contributed by atoms with E-state index in [9.17, 15) is 4.39 Å². The van der Waals surface area contributed by atoms with Crippen LogP contribution in [0.15, 0.2) is 17.5 Å². The summed E-state index contributed by atoms with van der Waals surface area (Å²) in [5.74, 6) is -0.288. The van der Waals surface area contributed by atoms with Crippen molar-refractivity contribution in [3.63, 3.8) is 0 Å². The second-order valence-electron chi connectivity index (χ2n) is 2.65. The summed E-state index contributed by atoms with van der Waals surface area (Å²) in [4.78, 5) is 0. The predicted molar refractivity (Wildman–Crippen MR) is 52.7 cm³/mol. The van der Waals surface area contributed by atoms with Gasteiger partial charge in [-0.2, -0.15) is 0 Å². The van der Waals surface area contributed by atoms with Gasteiger partial charge in [-0.15, -0.1) is 11.3 Å². The fourth-order valence-electron chi connectivity index (χ4n) is 1.28. The second kappa shape index (κ2) is 3.25. The van der Waals surface area contributed by atoms with Crippen LogP contribution in [0.1, 0.15) is 5.56 Å². The third-order valence-electron chi connectivity index (χ3n) is 1.89. The maximum absolute atomic E-state index is 13.2. The molecule has 68 valence electrons. The van der Waals surface area contributed by atoms with Gasteiger partial charge >= 0.3 is 0 Å². The van der Waals surface area contributed by atoms with Crippen molar-refractivity contribution in [2.45, 2.75) is 6.61 Å². The van der Waals surface area contributed by atoms with Gasteiger partial charge in [-0.25, -0.2) is 4.39 Å². The molecule has 0 bridgehead atoms. The summed E-state index contributed by atoms with van der Waals surface area (Å²) >= 11 is 7.11. The number of rotatable bonds is 1. The monoisotopic (exact) mass is 216 g/mol. The van der Waals surface area contributed by atoms with Crippen LogP contribution in [0, 0.1) is 5.82 Å². The van der Waals surface area contributed by atoms with Crippen LogP contribution in [0.2, 0.25) is 5.02 Å². The molecule has 2 rings (SSSR count). The van der Waals surface area contributed by atoms with Crippen LogP contribution in [0.3, 0.4) is 0 Å². The smallest absolute Gasteiger partial charge is 0.141 e. The highest BCUT2D eigenvalue weighted by atomic mass is 35.5. The molecule has 0 unspecified atom stereocenters. The van der Waals surface area contributed by atoms with E-state index in [1.807, 2.05) is 0 Å². The first-order chi connectivity index (χ1) is 6.24. The number of benzene rings is 1. The van der Waals surface area contributed by atoms with Crippen LogP contribution in [0.5, 0.6) is 0 Å². The molecule has 0 spiro atoms. The summed E-state index contributed by atoms with van der Waals surface area (Å²) in [5.41, 5.74) is 0.669. The molecule has 1 aromatic heterocycles. The van der Waals surface area contributed by atoms with E-state index in [4.69, 9.17) is 16.7 Å². The first-order valence-electron chi connectivity index (χ1n) is 3.69. The summed E-state index contributed by atoms with van der Waals surface area (Å²) < 4.78 is 13.7. The normalized spacial score (nSPS) is 11.0. The van der Waals surface area contributed by atoms with E-state index in [0.29, 0.717) is 20.7 Å². The van der Waals surface area contributed by atoms with Crippen LogP contribution >= 0.6 is 22.9 Å². The zero-order valence-corrected chi connectivity index (χ0v) is 8.12. The summed E-state index contributed by atoms with van der Waals surface area (Å²) in [6.07, 6.45) is 0. The lowest BCUT2D eigenvalue weighted by atomic mass is 10.1. The Labute approximate surface area is 83.4 Å². The van der Waals surface area contributed by atoms with E-state index in [2.05, 4.69) is 0 Å². The maximum atomic E-state index is 13.2. The molecule has 1 aromatic carbocycles. The number of thiophene rings is 1. The average Bonchev–Trinajstić information content (AvgIpc) is 2.51. The van der Waals surface area contributed by atoms with E-state index in [0.717, 1.165) is 0 Å². The Kier molecular flexibility index (Phi) is 2.24. The Morgan fingerprint density at radius 1 is 1.46 bits per heavy atom. The number of aliphatic hydroxyl groups is 1. The lowest BCUT2D eigenvalue weighted by Crippen LogP contribution is -1.85. The van der Waals surface area contributed by atoms with Crippen molar-refractivity contribution in [1.82, 2.24) is 0 Å². The number of aliphatic hydroxyl groups excluding tert-OH is 1. The Balaban J connectivity index is 2.88. The Morgan fingerprint density at radius 2 is 2.23 bits per heavy atom. The molecule has 2 aromatic rings. The van der Waals surface area contributed by atoms with Gasteiger partial charge in [0.15, 0.2) is 0 Å². The summed E-state index contributed by atoms with van der Waals surface area (Å²) in [6, 6.07) is 2.90. The van der Waals surface area contributed by atoms with Gasteiger partial charge in [0.1, 0.15) is 5.82 Å². The molecule has 1 nitrogen and oxygen atoms in total. The average molecular weight is 217 g/mol. The Bertz CT molecular complexity index is 452. The number of hydrogen-bond donors (Lipinski definition) is 1. The predicted octanol–water partition coefficient (Wildman–Crippen LogP) is 3.19. The fraction of sp³-hybridized carbons (Fsp3) is 0.111. The zero-order valence-electron chi connectivity index (χ0n) is 6.55. The van der Waals surface area contributed by atoms with Gasteiger partial charge in [0, 0.05) is 10.8 Å². The first-order valence-corrected chi connectivity index (χ1v) is 4.94. The third kappa shape index (κ3) is 1.33. The Morgan fingerprint density at radius 3 is 2.92 bits per heavy atom. The van der Waals surface area contributed by atoms with Crippen molar-refractivity contribution < 1.29 is 9.50 Å². The summed E-state index contributed by atoms with van der Waals surface area (Å²) in [7, 11) is 0. The van der Waals surface area contributed by atoms with Crippen LogP contribution in [-0.4, -0.2) is 5.11 Å². The lowest BCUT2D eigenvalue weighted by molar-refractivity contribution is 0.283. The zero-order chi connectivity index (χ0) is 9.42. The maximum Gasteiger partial charge on any atom is 0.141 e. The van der Waals surface area contributed by atoms with Crippen molar-refractivity contribution in [3.8, 4) is 0 Å². The molecule has 0 atom stereocenters. The standard InChI is InChI=1S/C9H6ClFOS/c10-6-4-13-9-7(11)2-1-5(3-12)8(6)9/h1-2,4,12H,3H2. The topological polar surface area (TPSA) is 20.2 Å². The SMILES string of the molecule is OCc1ccc(F)c2scc(Cl)c12. The molecule has 1 heterocycles. The molecular formula is C9H6ClFOS. The molecule has 0 aliphatic rings. The van der Waals surface area contributed by atoms with Gasteiger partial charge in [-0.05, 0) is 11.6 Å². The van der Waals surface area contributed by atoms with Gasteiger partial charge in [0.2, 0.25) is 0 Å². The van der Waals surface area contributed by atoms with Crippen molar-refractivity contribution >= 4 is 33.0 Å². The summed E-state index contributed by atoms with van der Waals surface area (Å²) in [5, 5.41) is 11.8. The van der Waals surface area contributed by atoms with E-state index in [-0.39, 0.29) is 12.4 Å². The molecule has 13 heavy (non-hydrogen) atoms. The van der Waals surface area contributed by atoms with Crippen LogP contribution < -0.4 is 0 Å². The van der Waals surface area contributed by atoms with Crippen molar-refractivity contribution in [3.05, 3.63) is 33.9 Å². The van der Waals surface area contributed by atoms with E-state index in [1.54, 1.807) is 11.4 Å². The minimum absolute atomic E-state index is 0.118. The second-order valence-corrected chi connectivity index (χ2v) is 3.94. The summed E-state index contributed by atoms with van der Waals surface area (Å²) in [6.45, 7) is -0.118. The molecule has 0 saturated carbocycles.